The molecule has 0 spiro atoms. The van der Waals surface area contributed by atoms with E-state index in [1.807, 2.05) is 24.3 Å². The van der Waals surface area contributed by atoms with Crippen molar-refractivity contribution in [3.8, 4) is 11.1 Å². The molecule has 0 amide bonds. The van der Waals surface area contributed by atoms with Crippen LogP contribution >= 0.6 is 11.6 Å². The number of halogens is 1. The Labute approximate surface area is 93.9 Å². The van der Waals surface area contributed by atoms with E-state index in [-0.39, 0.29) is 0 Å². The number of rotatable bonds is 2. The van der Waals surface area contributed by atoms with E-state index in [1.165, 1.54) is 0 Å². The lowest BCUT2D eigenvalue weighted by Gasteiger charge is -2.02. The maximum atomic E-state index is 5.83. The second-order valence-corrected chi connectivity index (χ2v) is 3.73. The fourth-order valence-corrected chi connectivity index (χ4v) is 1.51. The summed E-state index contributed by atoms with van der Waals surface area (Å²) in [5.74, 6) is 0. The predicted molar refractivity (Wildman–Crippen MR) is 61.9 cm³/mol. The third-order valence-electron chi connectivity index (χ3n) is 2.24. The molecule has 0 saturated carbocycles. The molecule has 0 unspecified atom stereocenters. The van der Waals surface area contributed by atoms with Crippen LogP contribution in [0.2, 0.25) is 5.02 Å². The van der Waals surface area contributed by atoms with E-state index in [9.17, 15) is 0 Å². The van der Waals surface area contributed by atoms with Crippen LogP contribution in [0.5, 0.6) is 0 Å². The van der Waals surface area contributed by atoms with E-state index in [0.717, 1.165) is 28.3 Å². The van der Waals surface area contributed by atoms with Gasteiger partial charge in [-0.3, -0.25) is 0 Å². The predicted octanol–water partition coefficient (Wildman–Crippen LogP) is 3.36. The first-order chi connectivity index (χ1) is 7.29. The molecule has 1 heterocycles. The number of aromatic nitrogens is 2. The first kappa shape index (κ1) is 10.1. The maximum Gasteiger partial charge on any atom is 0.0634 e. The molecule has 2 rings (SSSR count). The Kier molecular flexibility index (Phi) is 2.97. The van der Waals surface area contributed by atoms with Gasteiger partial charge in [-0.25, -0.2) is 0 Å². The first-order valence-electron chi connectivity index (χ1n) is 4.87. The fraction of sp³-hybridized carbons (Fsp3) is 0.167. The molecular weight excluding hydrogens is 208 g/mol. The Morgan fingerprint density at radius 1 is 1.13 bits per heavy atom. The Bertz CT molecular complexity index is 451. The minimum absolute atomic E-state index is 0.747. The molecule has 76 valence electrons. The first-order valence-corrected chi connectivity index (χ1v) is 5.25. The summed E-state index contributed by atoms with van der Waals surface area (Å²) in [4.78, 5) is 0. The van der Waals surface area contributed by atoms with E-state index in [4.69, 9.17) is 11.6 Å². The van der Waals surface area contributed by atoms with Crippen molar-refractivity contribution in [1.29, 1.82) is 0 Å². The highest BCUT2D eigenvalue weighted by atomic mass is 35.5. The molecule has 0 N–H and O–H groups in total. The molecule has 1 aromatic carbocycles. The second kappa shape index (κ2) is 4.41. The van der Waals surface area contributed by atoms with Gasteiger partial charge in [-0.15, -0.1) is 0 Å². The minimum Gasteiger partial charge on any atom is -0.158 e. The number of aryl methyl sites for hydroxylation is 1. The summed E-state index contributed by atoms with van der Waals surface area (Å²) in [7, 11) is 0. The van der Waals surface area contributed by atoms with Crippen molar-refractivity contribution in [3.05, 3.63) is 47.2 Å². The van der Waals surface area contributed by atoms with Gasteiger partial charge in [0, 0.05) is 10.6 Å². The summed E-state index contributed by atoms with van der Waals surface area (Å²) in [6.45, 7) is 2.07. The Morgan fingerprint density at radius 2 is 1.87 bits per heavy atom. The lowest BCUT2D eigenvalue weighted by molar-refractivity contribution is 0.921. The zero-order chi connectivity index (χ0) is 10.7. The van der Waals surface area contributed by atoms with Crippen molar-refractivity contribution >= 4 is 11.6 Å². The highest BCUT2D eigenvalue weighted by molar-refractivity contribution is 6.30. The average molecular weight is 219 g/mol. The summed E-state index contributed by atoms with van der Waals surface area (Å²) < 4.78 is 0. The van der Waals surface area contributed by atoms with Crippen molar-refractivity contribution in [2.24, 2.45) is 0 Å². The number of benzene rings is 1. The Morgan fingerprint density at radius 3 is 2.53 bits per heavy atom. The summed E-state index contributed by atoms with van der Waals surface area (Å²) >= 11 is 5.83. The molecule has 0 atom stereocenters. The molecule has 0 radical (unpaired) electrons. The van der Waals surface area contributed by atoms with E-state index >= 15 is 0 Å². The smallest absolute Gasteiger partial charge is 0.0634 e. The molecule has 1 aromatic heterocycles. The quantitative estimate of drug-likeness (QED) is 0.773. The third kappa shape index (κ3) is 2.34. The highest BCUT2D eigenvalue weighted by Crippen LogP contribution is 2.20. The van der Waals surface area contributed by atoms with Crippen molar-refractivity contribution in [2.75, 3.05) is 0 Å². The average Bonchev–Trinajstić information content (AvgIpc) is 2.30. The largest absolute Gasteiger partial charge is 0.158 e. The van der Waals surface area contributed by atoms with E-state index < -0.39 is 0 Å². The highest BCUT2D eigenvalue weighted by Gasteiger charge is 1.99. The summed E-state index contributed by atoms with van der Waals surface area (Å²) in [6.07, 6.45) is 2.66. The molecule has 3 heteroatoms. The third-order valence-corrected chi connectivity index (χ3v) is 2.50. The second-order valence-electron chi connectivity index (χ2n) is 3.30. The van der Waals surface area contributed by atoms with Crippen LogP contribution in [0.1, 0.15) is 12.6 Å². The molecule has 0 fully saturated rings. The molecule has 0 saturated heterocycles. The van der Waals surface area contributed by atoms with Crippen LogP contribution < -0.4 is 0 Å². The van der Waals surface area contributed by atoms with Gasteiger partial charge < -0.3 is 0 Å². The van der Waals surface area contributed by atoms with Crippen LogP contribution in [0.15, 0.2) is 36.5 Å². The monoisotopic (exact) mass is 218 g/mol. The summed E-state index contributed by atoms with van der Waals surface area (Å²) in [5.41, 5.74) is 3.20. The van der Waals surface area contributed by atoms with E-state index in [1.54, 1.807) is 6.20 Å². The van der Waals surface area contributed by atoms with Crippen LogP contribution in [0.25, 0.3) is 11.1 Å². The van der Waals surface area contributed by atoms with Gasteiger partial charge in [0.25, 0.3) is 0 Å². The molecule has 0 aliphatic rings. The van der Waals surface area contributed by atoms with Crippen LogP contribution in [0.4, 0.5) is 0 Å². The molecule has 2 aromatic rings. The summed E-state index contributed by atoms with van der Waals surface area (Å²) in [6, 6.07) is 9.78. The van der Waals surface area contributed by atoms with Crippen molar-refractivity contribution in [3.63, 3.8) is 0 Å². The Hall–Kier alpha value is -1.41. The van der Waals surface area contributed by atoms with Crippen molar-refractivity contribution in [1.82, 2.24) is 10.2 Å². The van der Waals surface area contributed by atoms with Crippen LogP contribution in [0.3, 0.4) is 0 Å². The molecule has 2 nitrogen and oxygen atoms in total. The van der Waals surface area contributed by atoms with Gasteiger partial charge in [-0.05, 0) is 30.2 Å². The number of nitrogens with zero attached hydrogens (tertiary/aromatic N) is 2. The zero-order valence-corrected chi connectivity index (χ0v) is 9.20. The molecule has 0 bridgehead atoms. The standard InChI is InChI=1S/C12H11ClN2/c1-2-12-7-10(8-14-15-12)9-3-5-11(13)6-4-9/h3-8H,2H2,1H3. The van der Waals surface area contributed by atoms with Crippen LogP contribution in [-0.2, 0) is 6.42 Å². The van der Waals surface area contributed by atoms with Gasteiger partial charge >= 0.3 is 0 Å². The Balaban J connectivity index is 2.40. The van der Waals surface area contributed by atoms with Crippen molar-refractivity contribution in [2.45, 2.75) is 13.3 Å². The van der Waals surface area contributed by atoms with Gasteiger partial charge in [0.1, 0.15) is 0 Å². The van der Waals surface area contributed by atoms with Gasteiger partial charge in [-0.2, -0.15) is 10.2 Å². The lowest BCUT2D eigenvalue weighted by Crippen LogP contribution is -1.91. The summed E-state index contributed by atoms with van der Waals surface area (Å²) in [5, 5.41) is 8.74. The lowest BCUT2D eigenvalue weighted by atomic mass is 10.1. The van der Waals surface area contributed by atoms with Crippen molar-refractivity contribution < 1.29 is 0 Å². The zero-order valence-electron chi connectivity index (χ0n) is 8.44. The van der Waals surface area contributed by atoms with Gasteiger partial charge in [-0.1, -0.05) is 30.7 Å². The fourth-order valence-electron chi connectivity index (χ4n) is 1.38. The van der Waals surface area contributed by atoms with Crippen LogP contribution in [0, 0.1) is 0 Å². The SMILES string of the molecule is CCc1cc(-c2ccc(Cl)cc2)cnn1. The minimum atomic E-state index is 0.747. The van der Waals surface area contributed by atoms with E-state index in [2.05, 4.69) is 23.2 Å². The normalized spacial score (nSPS) is 10.3. The molecule has 0 aliphatic heterocycles. The van der Waals surface area contributed by atoms with Crippen LogP contribution in [-0.4, -0.2) is 10.2 Å². The topological polar surface area (TPSA) is 25.8 Å². The van der Waals surface area contributed by atoms with Gasteiger partial charge in [0.15, 0.2) is 0 Å². The molecule has 15 heavy (non-hydrogen) atoms. The molecular formula is C12H11ClN2. The van der Waals surface area contributed by atoms with Gasteiger partial charge in [0.05, 0.1) is 11.9 Å². The number of hydrogen-bond acceptors (Lipinski definition) is 2. The van der Waals surface area contributed by atoms with Gasteiger partial charge in [0.2, 0.25) is 0 Å². The molecule has 0 aliphatic carbocycles. The number of hydrogen-bond donors (Lipinski definition) is 0. The van der Waals surface area contributed by atoms with E-state index in [0.29, 0.717) is 0 Å². The maximum absolute atomic E-state index is 5.83.